The Morgan fingerprint density at radius 3 is 2.64 bits per heavy atom. The molecule has 2 aromatic rings. The van der Waals surface area contributed by atoms with Gasteiger partial charge in [0.2, 0.25) is 6.41 Å². The van der Waals surface area contributed by atoms with Crippen molar-refractivity contribution in [3.05, 3.63) is 59.4 Å². The van der Waals surface area contributed by atoms with Crippen LogP contribution in [0.25, 0.3) is 0 Å². The number of amides is 1. The summed E-state index contributed by atoms with van der Waals surface area (Å²) in [6.07, 6.45) is 2.50. The lowest BCUT2D eigenvalue weighted by molar-refractivity contribution is -0.107. The molecule has 0 N–H and O–H groups in total. The van der Waals surface area contributed by atoms with Gasteiger partial charge in [-0.2, -0.15) is 0 Å². The second-order valence-corrected chi connectivity index (χ2v) is 6.57. The standard InChI is InChI=1S/C18H19FN2O/c1-17(2)11-21(12-22)15-9-16(20-10-14(15)17)18(3,19)13-7-5-4-6-8-13/h4-10,12H,11H2,1-3H3. The van der Waals surface area contributed by atoms with Crippen LogP contribution in [0.4, 0.5) is 10.1 Å². The van der Waals surface area contributed by atoms with Gasteiger partial charge in [-0.15, -0.1) is 0 Å². The number of hydrogen-bond acceptors (Lipinski definition) is 2. The number of alkyl halides is 1. The largest absolute Gasteiger partial charge is 0.314 e. The van der Waals surface area contributed by atoms with Crippen molar-refractivity contribution in [2.24, 2.45) is 0 Å². The SMILES string of the molecule is CC1(C)CN(C=O)c2cc(C(C)(F)c3ccccc3)ncc21. The van der Waals surface area contributed by atoms with E-state index in [1.165, 1.54) is 6.92 Å². The van der Waals surface area contributed by atoms with Gasteiger partial charge in [-0.3, -0.25) is 9.78 Å². The summed E-state index contributed by atoms with van der Waals surface area (Å²) in [7, 11) is 0. The Morgan fingerprint density at radius 2 is 2.00 bits per heavy atom. The molecule has 0 fully saturated rings. The molecule has 0 spiro atoms. The Morgan fingerprint density at radius 1 is 1.32 bits per heavy atom. The Hall–Kier alpha value is -2.23. The molecule has 0 aliphatic carbocycles. The number of rotatable bonds is 3. The maximum absolute atomic E-state index is 15.3. The average molecular weight is 298 g/mol. The van der Waals surface area contributed by atoms with E-state index in [1.807, 2.05) is 6.07 Å². The molecule has 22 heavy (non-hydrogen) atoms. The molecular weight excluding hydrogens is 279 g/mol. The number of carbonyl (C=O) groups excluding carboxylic acids is 1. The number of fused-ring (bicyclic) bond motifs is 1. The molecule has 0 bridgehead atoms. The normalized spacial score (nSPS) is 18.6. The van der Waals surface area contributed by atoms with Crippen LogP contribution in [-0.2, 0) is 15.9 Å². The van der Waals surface area contributed by atoms with Crippen molar-refractivity contribution in [3.63, 3.8) is 0 Å². The Kier molecular flexibility index (Phi) is 3.28. The lowest BCUT2D eigenvalue weighted by Crippen LogP contribution is -2.27. The first-order valence-electron chi connectivity index (χ1n) is 7.33. The van der Waals surface area contributed by atoms with E-state index in [4.69, 9.17) is 0 Å². The van der Waals surface area contributed by atoms with E-state index in [-0.39, 0.29) is 5.41 Å². The predicted molar refractivity (Wildman–Crippen MR) is 84.7 cm³/mol. The first-order chi connectivity index (χ1) is 10.4. The van der Waals surface area contributed by atoms with Crippen molar-refractivity contribution in [1.82, 2.24) is 4.98 Å². The molecule has 1 unspecified atom stereocenters. The summed E-state index contributed by atoms with van der Waals surface area (Å²) >= 11 is 0. The van der Waals surface area contributed by atoms with Crippen LogP contribution in [0.15, 0.2) is 42.6 Å². The van der Waals surface area contributed by atoms with Gasteiger partial charge in [0.25, 0.3) is 0 Å². The van der Waals surface area contributed by atoms with Crippen molar-refractivity contribution in [3.8, 4) is 0 Å². The number of carbonyl (C=O) groups is 1. The van der Waals surface area contributed by atoms with Gasteiger partial charge in [0.1, 0.15) is 0 Å². The summed E-state index contributed by atoms with van der Waals surface area (Å²) in [5.74, 6) is 0. The first kappa shape index (κ1) is 14.7. The quantitative estimate of drug-likeness (QED) is 0.812. The van der Waals surface area contributed by atoms with Gasteiger partial charge >= 0.3 is 0 Å². The van der Waals surface area contributed by atoms with Crippen molar-refractivity contribution < 1.29 is 9.18 Å². The fourth-order valence-electron chi connectivity index (χ4n) is 3.05. The summed E-state index contributed by atoms with van der Waals surface area (Å²) < 4.78 is 15.3. The maximum atomic E-state index is 15.3. The van der Waals surface area contributed by atoms with E-state index in [9.17, 15) is 4.79 Å². The third-order valence-electron chi connectivity index (χ3n) is 4.41. The summed E-state index contributed by atoms with van der Waals surface area (Å²) in [4.78, 5) is 17.3. The van der Waals surface area contributed by atoms with Gasteiger partial charge in [-0.1, -0.05) is 44.2 Å². The third kappa shape index (κ3) is 2.19. The number of nitrogens with zero attached hydrogens (tertiary/aromatic N) is 2. The lowest BCUT2D eigenvalue weighted by atomic mass is 9.87. The fourth-order valence-corrected chi connectivity index (χ4v) is 3.05. The monoisotopic (exact) mass is 298 g/mol. The lowest BCUT2D eigenvalue weighted by Gasteiger charge is -2.22. The Labute approximate surface area is 129 Å². The number of pyridine rings is 1. The Balaban J connectivity index is 2.10. The van der Waals surface area contributed by atoms with Crippen LogP contribution < -0.4 is 4.90 Å². The molecule has 0 saturated heterocycles. The summed E-state index contributed by atoms with van der Waals surface area (Å²) in [6.45, 7) is 6.21. The minimum Gasteiger partial charge on any atom is -0.314 e. The zero-order valence-electron chi connectivity index (χ0n) is 13.0. The predicted octanol–water partition coefficient (Wildman–Crippen LogP) is 3.57. The molecule has 1 atom stereocenters. The van der Waals surface area contributed by atoms with Crippen LogP contribution in [0.5, 0.6) is 0 Å². The summed E-state index contributed by atoms with van der Waals surface area (Å²) in [5.41, 5.74) is 0.745. The molecule has 3 nitrogen and oxygen atoms in total. The van der Waals surface area contributed by atoms with Gasteiger partial charge in [-0.05, 0) is 18.6 Å². The van der Waals surface area contributed by atoms with Gasteiger partial charge in [0.15, 0.2) is 5.67 Å². The molecule has 1 amide bonds. The van der Waals surface area contributed by atoms with Crippen LogP contribution in [0.1, 0.15) is 37.6 Å². The van der Waals surface area contributed by atoms with Crippen LogP contribution >= 0.6 is 0 Å². The van der Waals surface area contributed by atoms with Crippen LogP contribution in [0.2, 0.25) is 0 Å². The highest BCUT2D eigenvalue weighted by Crippen LogP contribution is 2.42. The highest BCUT2D eigenvalue weighted by molar-refractivity contribution is 5.81. The highest BCUT2D eigenvalue weighted by Gasteiger charge is 2.38. The van der Waals surface area contributed by atoms with E-state index in [2.05, 4.69) is 18.8 Å². The van der Waals surface area contributed by atoms with E-state index in [0.29, 0.717) is 17.8 Å². The third-order valence-corrected chi connectivity index (χ3v) is 4.41. The number of halogens is 1. The number of aromatic nitrogens is 1. The van der Waals surface area contributed by atoms with Crippen molar-refractivity contribution >= 4 is 12.1 Å². The molecule has 2 heterocycles. The van der Waals surface area contributed by atoms with Gasteiger partial charge < -0.3 is 4.90 Å². The summed E-state index contributed by atoms with van der Waals surface area (Å²) in [6, 6.07) is 10.7. The molecule has 0 saturated carbocycles. The Bertz CT molecular complexity index is 710. The highest BCUT2D eigenvalue weighted by atomic mass is 19.1. The number of hydrogen-bond donors (Lipinski definition) is 0. The molecule has 0 radical (unpaired) electrons. The zero-order valence-corrected chi connectivity index (χ0v) is 13.0. The van der Waals surface area contributed by atoms with E-state index in [1.54, 1.807) is 41.4 Å². The molecule has 1 aromatic carbocycles. The fraction of sp³-hybridized carbons (Fsp3) is 0.333. The van der Waals surface area contributed by atoms with Crippen molar-refractivity contribution in [2.45, 2.75) is 31.9 Å². The van der Waals surface area contributed by atoms with Crippen LogP contribution in [-0.4, -0.2) is 17.9 Å². The zero-order chi connectivity index (χ0) is 16.0. The van der Waals surface area contributed by atoms with E-state index < -0.39 is 5.67 Å². The van der Waals surface area contributed by atoms with Gasteiger partial charge in [0, 0.05) is 23.7 Å². The summed E-state index contributed by atoms with van der Waals surface area (Å²) in [5, 5.41) is 0. The van der Waals surface area contributed by atoms with Gasteiger partial charge in [0.05, 0.1) is 11.4 Å². The minimum atomic E-state index is -1.70. The number of anilines is 1. The maximum Gasteiger partial charge on any atom is 0.214 e. The van der Waals surface area contributed by atoms with Crippen molar-refractivity contribution in [1.29, 1.82) is 0 Å². The smallest absolute Gasteiger partial charge is 0.214 e. The molecule has 1 aromatic heterocycles. The molecule has 1 aliphatic heterocycles. The molecular formula is C18H19FN2O. The van der Waals surface area contributed by atoms with Gasteiger partial charge in [-0.25, -0.2) is 4.39 Å². The average Bonchev–Trinajstić information content (AvgIpc) is 2.79. The topological polar surface area (TPSA) is 33.2 Å². The first-order valence-corrected chi connectivity index (χ1v) is 7.33. The molecule has 1 aliphatic rings. The molecule has 3 rings (SSSR count). The van der Waals surface area contributed by atoms with Crippen molar-refractivity contribution in [2.75, 3.05) is 11.4 Å². The minimum absolute atomic E-state index is 0.165. The second kappa shape index (κ2) is 4.90. The van der Waals surface area contributed by atoms with E-state index >= 15 is 4.39 Å². The molecule has 4 heteroatoms. The van der Waals surface area contributed by atoms with Crippen LogP contribution in [0, 0.1) is 0 Å². The van der Waals surface area contributed by atoms with Crippen LogP contribution in [0.3, 0.4) is 0 Å². The molecule has 114 valence electrons. The number of benzene rings is 1. The van der Waals surface area contributed by atoms with E-state index in [0.717, 1.165) is 17.7 Å². The second-order valence-electron chi connectivity index (χ2n) is 6.57.